The Morgan fingerprint density at radius 3 is 2.33 bits per heavy atom. The zero-order chi connectivity index (χ0) is 13.6. The Morgan fingerprint density at radius 1 is 1.19 bits per heavy atom. The number of rotatable bonds is 3. The molecular weight excluding hydrogens is 284 g/mol. The minimum Gasteiger partial charge on any atom is -0.352 e. The van der Waals surface area contributed by atoms with E-state index in [0.717, 1.165) is 43.8 Å². The number of carbonyl (C=O) groups excluding carboxylic acids is 1. The molecule has 4 saturated carbocycles. The van der Waals surface area contributed by atoms with E-state index in [9.17, 15) is 4.79 Å². The van der Waals surface area contributed by atoms with Gasteiger partial charge in [-0.3, -0.25) is 4.79 Å². The molecule has 3 nitrogen and oxygen atoms in total. The number of hydrogen-bond donors (Lipinski definition) is 2. The van der Waals surface area contributed by atoms with Gasteiger partial charge in [-0.05, 0) is 69.2 Å². The Morgan fingerprint density at radius 2 is 1.81 bits per heavy atom. The van der Waals surface area contributed by atoms with E-state index in [1.54, 1.807) is 0 Å². The summed E-state index contributed by atoms with van der Waals surface area (Å²) in [4.78, 5) is 12.8. The van der Waals surface area contributed by atoms with Crippen LogP contribution in [0.15, 0.2) is 11.6 Å². The number of carbonyl (C=O) groups is 1. The van der Waals surface area contributed by atoms with Crippen LogP contribution in [0.2, 0.25) is 0 Å². The molecule has 21 heavy (non-hydrogen) atoms. The van der Waals surface area contributed by atoms with Gasteiger partial charge in [0.15, 0.2) is 0 Å². The first-order valence-corrected chi connectivity index (χ1v) is 8.40. The van der Waals surface area contributed by atoms with Gasteiger partial charge in [0, 0.05) is 18.5 Å². The fraction of sp³-hybridized carbons (Fsp3) is 0.824. The van der Waals surface area contributed by atoms with Gasteiger partial charge < -0.3 is 10.6 Å². The van der Waals surface area contributed by atoms with Gasteiger partial charge in [-0.2, -0.15) is 0 Å². The summed E-state index contributed by atoms with van der Waals surface area (Å²) in [5.74, 6) is 2.93. The van der Waals surface area contributed by atoms with Crippen molar-refractivity contribution >= 4 is 18.3 Å². The Balaban J connectivity index is 0.00000132. The van der Waals surface area contributed by atoms with Gasteiger partial charge in [-0.1, -0.05) is 11.6 Å². The van der Waals surface area contributed by atoms with Crippen LogP contribution in [0.3, 0.4) is 0 Å². The Hall–Kier alpha value is -0.540. The van der Waals surface area contributed by atoms with Crippen molar-refractivity contribution in [3.8, 4) is 0 Å². The molecule has 0 unspecified atom stereocenters. The monoisotopic (exact) mass is 310 g/mol. The lowest BCUT2D eigenvalue weighted by atomic mass is 9.49. The number of amides is 1. The Bertz CT molecular complexity index is 411. The Kier molecular flexibility index (Phi) is 4.33. The standard InChI is InChI=1S/C17H26N2O.ClH/c20-16(19-11-12-1-3-18-4-2-12)17-8-13-5-14(9-17)7-15(6-13)10-17;/h1,13-15,18H,2-11H2,(H,19,20);1H. The molecule has 0 atom stereocenters. The highest BCUT2D eigenvalue weighted by atomic mass is 35.5. The van der Waals surface area contributed by atoms with Crippen molar-refractivity contribution in [2.45, 2.75) is 44.9 Å². The minimum atomic E-state index is 0. The summed E-state index contributed by atoms with van der Waals surface area (Å²) in [5, 5.41) is 6.60. The lowest BCUT2D eigenvalue weighted by molar-refractivity contribution is -0.146. The molecule has 1 aliphatic heterocycles. The lowest BCUT2D eigenvalue weighted by Crippen LogP contribution is -2.53. The molecule has 5 aliphatic rings. The van der Waals surface area contributed by atoms with E-state index in [1.165, 1.54) is 44.1 Å². The van der Waals surface area contributed by atoms with Crippen LogP contribution < -0.4 is 10.6 Å². The van der Waals surface area contributed by atoms with Crippen LogP contribution in [0.25, 0.3) is 0 Å². The molecule has 0 radical (unpaired) electrons. The van der Waals surface area contributed by atoms with Crippen LogP contribution >= 0.6 is 12.4 Å². The molecule has 4 aliphatic carbocycles. The summed E-state index contributed by atoms with van der Waals surface area (Å²) < 4.78 is 0. The third-order valence-electron chi connectivity index (χ3n) is 6.15. The van der Waals surface area contributed by atoms with E-state index in [0.29, 0.717) is 5.91 Å². The average molecular weight is 311 g/mol. The molecule has 118 valence electrons. The van der Waals surface area contributed by atoms with E-state index < -0.39 is 0 Å². The molecule has 5 rings (SSSR count). The molecule has 4 heteroatoms. The van der Waals surface area contributed by atoms with Gasteiger partial charge in [-0.15, -0.1) is 12.4 Å². The zero-order valence-electron chi connectivity index (χ0n) is 12.7. The second-order valence-corrected chi connectivity index (χ2v) is 7.70. The van der Waals surface area contributed by atoms with Crippen molar-refractivity contribution in [1.29, 1.82) is 0 Å². The maximum atomic E-state index is 12.8. The molecule has 1 amide bonds. The molecule has 0 spiro atoms. The quantitative estimate of drug-likeness (QED) is 0.787. The van der Waals surface area contributed by atoms with Gasteiger partial charge >= 0.3 is 0 Å². The maximum absolute atomic E-state index is 12.8. The van der Waals surface area contributed by atoms with Crippen LogP contribution in [0.1, 0.15) is 44.9 Å². The fourth-order valence-electron chi connectivity index (χ4n) is 5.60. The summed E-state index contributed by atoms with van der Waals surface area (Å²) in [6.07, 6.45) is 11.1. The van der Waals surface area contributed by atoms with Crippen LogP contribution in [0, 0.1) is 23.2 Å². The highest BCUT2D eigenvalue weighted by Crippen LogP contribution is 2.60. The van der Waals surface area contributed by atoms with Crippen molar-refractivity contribution in [3.05, 3.63) is 11.6 Å². The molecule has 0 aromatic heterocycles. The van der Waals surface area contributed by atoms with Crippen molar-refractivity contribution in [1.82, 2.24) is 10.6 Å². The molecule has 1 heterocycles. The van der Waals surface area contributed by atoms with Gasteiger partial charge in [0.25, 0.3) is 0 Å². The van der Waals surface area contributed by atoms with Crippen LogP contribution in [-0.2, 0) is 4.79 Å². The predicted molar refractivity (Wildman–Crippen MR) is 86.4 cm³/mol. The number of halogens is 1. The number of nitrogens with one attached hydrogen (secondary N) is 2. The highest BCUT2D eigenvalue weighted by Gasteiger charge is 2.54. The van der Waals surface area contributed by atoms with Gasteiger partial charge in [0.1, 0.15) is 0 Å². The van der Waals surface area contributed by atoms with E-state index in [2.05, 4.69) is 16.7 Å². The predicted octanol–water partition coefficient (Wildman–Crippen LogP) is 2.66. The third-order valence-corrected chi connectivity index (χ3v) is 6.15. The highest BCUT2D eigenvalue weighted by molar-refractivity contribution is 5.85. The fourth-order valence-corrected chi connectivity index (χ4v) is 5.60. The molecule has 4 bridgehead atoms. The van der Waals surface area contributed by atoms with E-state index in [-0.39, 0.29) is 17.8 Å². The largest absolute Gasteiger partial charge is 0.352 e. The van der Waals surface area contributed by atoms with Crippen molar-refractivity contribution in [3.63, 3.8) is 0 Å². The number of hydrogen-bond acceptors (Lipinski definition) is 2. The first kappa shape index (κ1) is 15.4. The van der Waals surface area contributed by atoms with E-state index in [1.807, 2.05) is 0 Å². The van der Waals surface area contributed by atoms with Crippen LogP contribution in [0.4, 0.5) is 0 Å². The normalized spacial score (nSPS) is 40.4. The topological polar surface area (TPSA) is 41.1 Å². The average Bonchev–Trinajstić information content (AvgIpc) is 2.44. The summed E-state index contributed by atoms with van der Waals surface area (Å²) in [5.41, 5.74) is 1.42. The summed E-state index contributed by atoms with van der Waals surface area (Å²) in [6, 6.07) is 0. The van der Waals surface area contributed by atoms with Crippen LogP contribution in [-0.4, -0.2) is 25.5 Å². The molecule has 2 N–H and O–H groups in total. The van der Waals surface area contributed by atoms with Crippen molar-refractivity contribution < 1.29 is 4.79 Å². The van der Waals surface area contributed by atoms with Crippen molar-refractivity contribution in [2.24, 2.45) is 23.2 Å². The smallest absolute Gasteiger partial charge is 0.226 e. The van der Waals surface area contributed by atoms with Gasteiger partial charge in [-0.25, -0.2) is 0 Å². The summed E-state index contributed by atoms with van der Waals surface area (Å²) in [7, 11) is 0. The lowest BCUT2D eigenvalue weighted by Gasteiger charge is -2.55. The SMILES string of the molecule is Cl.O=C(NCC1=CCNCC1)C12CC3CC(CC(C3)C1)C2. The molecule has 0 aromatic carbocycles. The third kappa shape index (κ3) is 2.87. The van der Waals surface area contributed by atoms with E-state index in [4.69, 9.17) is 0 Å². The summed E-state index contributed by atoms with van der Waals surface area (Å²) >= 11 is 0. The maximum Gasteiger partial charge on any atom is 0.226 e. The first-order chi connectivity index (χ1) is 9.73. The second-order valence-electron chi connectivity index (χ2n) is 7.70. The molecule has 0 saturated heterocycles. The molecule has 4 fully saturated rings. The van der Waals surface area contributed by atoms with Crippen molar-refractivity contribution in [2.75, 3.05) is 19.6 Å². The first-order valence-electron chi connectivity index (χ1n) is 8.40. The molecular formula is C17H27ClN2O. The van der Waals surface area contributed by atoms with E-state index >= 15 is 0 Å². The zero-order valence-corrected chi connectivity index (χ0v) is 13.5. The summed E-state index contributed by atoms with van der Waals surface area (Å²) in [6.45, 7) is 2.80. The molecule has 0 aromatic rings. The Labute approximate surface area is 133 Å². The second kappa shape index (κ2) is 5.92. The van der Waals surface area contributed by atoms with Gasteiger partial charge in [0.2, 0.25) is 5.91 Å². The van der Waals surface area contributed by atoms with Gasteiger partial charge in [0.05, 0.1) is 0 Å². The minimum absolute atomic E-state index is 0. The van der Waals surface area contributed by atoms with Crippen LogP contribution in [0.5, 0.6) is 0 Å².